The molecular weight excluding hydrogens is 272 g/mol. The number of hydrogen-bond acceptors (Lipinski definition) is 0. The molecule has 0 nitrogen and oxygen atoms in total. The highest BCUT2D eigenvalue weighted by molar-refractivity contribution is 9.09. The Bertz CT molecular complexity index is 218. The van der Waals surface area contributed by atoms with Crippen LogP contribution in [0.3, 0.4) is 0 Å². The quantitative estimate of drug-likeness (QED) is 0.578. The topological polar surface area (TPSA) is 0 Å². The SMILES string of the molecule is CCC1CCC(CC)C(C2CCCCC2)C1Br. The average molecular weight is 301 g/mol. The van der Waals surface area contributed by atoms with Gasteiger partial charge in [-0.15, -0.1) is 0 Å². The molecular formula is C16H29Br. The van der Waals surface area contributed by atoms with Crippen LogP contribution in [-0.2, 0) is 0 Å². The normalized spacial score (nSPS) is 40.4. The number of rotatable bonds is 3. The lowest BCUT2D eigenvalue weighted by Crippen LogP contribution is -2.40. The Kier molecular flexibility index (Phi) is 5.39. The molecule has 0 aromatic carbocycles. The van der Waals surface area contributed by atoms with Gasteiger partial charge < -0.3 is 0 Å². The first-order chi connectivity index (χ1) is 8.27. The Balaban J connectivity index is 2.06. The third-order valence-electron chi connectivity index (χ3n) is 5.51. The maximum atomic E-state index is 4.10. The maximum Gasteiger partial charge on any atom is 0.0207 e. The van der Waals surface area contributed by atoms with Crippen LogP contribution in [0.4, 0.5) is 0 Å². The van der Waals surface area contributed by atoms with Gasteiger partial charge in [0, 0.05) is 4.83 Å². The van der Waals surface area contributed by atoms with Crippen LogP contribution in [0.5, 0.6) is 0 Å². The molecule has 1 heteroatoms. The van der Waals surface area contributed by atoms with Gasteiger partial charge in [-0.2, -0.15) is 0 Å². The van der Waals surface area contributed by atoms with Crippen molar-refractivity contribution in [2.24, 2.45) is 23.7 Å². The van der Waals surface area contributed by atoms with Crippen LogP contribution in [0, 0.1) is 23.7 Å². The second kappa shape index (κ2) is 6.59. The van der Waals surface area contributed by atoms with Gasteiger partial charge in [-0.3, -0.25) is 0 Å². The lowest BCUT2D eigenvalue weighted by molar-refractivity contribution is 0.102. The average Bonchev–Trinajstić information content (AvgIpc) is 2.39. The van der Waals surface area contributed by atoms with E-state index < -0.39 is 0 Å². The van der Waals surface area contributed by atoms with Crippen molar-refractivity contribution in [3.63, 3.8) is 0 Å². The van der Waals surface area contributed by atoms with Crippen LogP contribution in [-0.4, -0.2) is 4.83 Å². The number of alkyl halides is 1. The predicted octanol–water partition coefficient (Wildman–Crippen LogP) is 5.79. The molecule has 0 bridgehead atoms. The zero-order valence-electron chi connectivity index (χ0n) is 11.6. The summed E-state index contributed by atoms with van der Waals surface area (Å²) in [5, 5.41) is 0. The molecule has 0 amide bonds. The van der Waals surface area contributed by atoms with Crippen molar-refractivity contribution in [3.05, 3.63) is 0 Å². The largest absolute Gasteiger partial charge is 0.0884 e. The Morgan fingerprint density at radius 1 is 0.824 bits per heavy atom. The van der Waals surface area contributed by atoms with E-state index in [9.17, 15) is 0 Å². The molecule has 0 spiro atoms. The Labute approximate surface area is 116 Å². The maximum absolute atomic E-state index is 4.10. The summed E-state index contributed by atoms with van der Waals surface area (Å²) in [6.07, 6.45) is 13.2. The Hall–Kier alpha value is 0.480. The van der Waals surface area contributed by atoms with Crippen molar-refractivity contribution >= 4 is 15.9 Å². The molecule has 0 aromatic heterocycles. The second-order valence-electron chi connectivity index (χ2n) is 6.33. The third-order valence-corrected chi connectivity index (χ3v) is 6.87. The zero-order valence-corrected chi connectivity index (χ0v) is 13.2. The van der Waals surface area contributed by atoms with Crippen molar-refractivity contribution in [1.29, 1.82) is 0 Å². The van der Waals surface area contributed by atoms with Crippen LogP contribution >= 0.6 is 15.9 Å². The van der Waals surface area contributed by atoms with Crippen molar-refractivity contribution in [3.8, 4) is 0 Å². The predicted molar refractivity (Wildman–Crippen MR) is 79.6 cm³/mol. The zero-order chi connectivity index (χ0) is 12.3. The molecule has 4 unspecified atom stereocenters. The lowest BCUT2D eigenvalue weighted by atomic mass is 9.64. The smallest absolute Gasteiger partial charge is 0.0207 e. The van der Waals surface area contributed by atoms with Crippen molar-refractivity contribution < 1.29 is 0 Å². The summed E-state index contributed by atoms with van der Waals surface area (Å²) in [6, 6.07) is 0. The summed E-state index contributed by atoms with van der Waals surface area (Å²) < 4.78 is 0. The lowest BCUT2D eigenvalue weighted by Gasteiger charge is -2.45. The summed E-state index contributed by atoms with van der Waals surface area (Å²) in [5.41, 5.74) is 0. The standard InChI is InChI=1S/C16H29Br/c1-3-12-10-11-13(4-2)16(17)15(12)14-8-6-5-7-9-14/h12-16H,3-11H2,1-2H3. The van der Waals surface area contributed by atoms with E-state index in [2.05, 4.69) is 29.8 Å². The summed E-state index contributed by atoms with van der Waals surface area (Å²) in [4.78, 5) is 0.814. The molecule has 0 radical (unpaired) electrons. The van der Waals surface area contributed by atoms with E-state index in [0.717, 1.165) is 28.5 Å². The molecule has 2 aliphatic carbocycles. The Morgan fingerprint density at radius 3 is 2.00 bits per heavy atom. The van der Waals surface area contributed by atoms with E-state index in [-0.39, 0.29) is 0 Å². The molecule has 100 valence electrons. The van der Waals surface area contributed by atoms with Crippen molar-refractivity contribution in [2.45, 2.75) is 76.5 Å². The van der Waals surface area contributed by atoms with Gasteiger partial charge in [-0.05, 0) is 36.5 Å². The molecule has 4 atom stereocenters. The fraction of sp³-hybridized carbons (Fsp3) is 1.00. The van der Waals surface area contributed by atoms with E-state index in [1.165, 1.54) is 57.8 Å². The molecule has 0 heterocycles. The van der Waals surface area contributed by atoms with Gasteiger partial charge in [0.15, 0.2) is 0 Å². The van der Waals surface area contributed by atoms with Gasteiger partial charge in [-0.25, -0.2) is 0 Å². The third kappa shape index (κ3) is 3.08. The second-order valence-corrected chi connectivity index (χ2v) is 7.39. The van der Waals surface area contributed by atoms with Gasteiger partial charge in [0.05, 0.1) is 0 Å². The fourth-order valence-electron chi connectivity index (χ4n) is 4.42. The first kappa shape index (κ1) is 13.9. The van der Waals surface area contributed by atoms with E-state index in [1.807, 2.05) is 0 Å². The fourth-order valence-corrected chi connectivity index (χ4v) is 5.93. The van der Waals surface area contributed by atoms with Gasteiger partial charge in [0.25, 0.3) is 0 Å². The molecule has 2 fully saturated rings. The highest BCUT2D eigenvalue weighted by Crippen LogP contribution is 2.48. The number of halogens is 1. The molecule has 2 aliphatic rings. The summed E-state index contributed by atoms with van der Waals surface area (Å²) in [7, 11) is 0. The molecule has 17 heavy (non-hydrogen) atoms. The molecule has 2 saturated carbocycles. The van der Waals surface area contributed by atoms with E-state index in [4.69, 9.17) is 0 Å². The monoisotopic (exact) mass is 300 g/mol. The van der Waals surface area contributed by atoms with E-state index in [0.29, 0.717) is 0 Å². The minimum atomic E-state index is 0.814. The first-order valence-electron chi connectivity index (χ1n) is 7.92. The van der Waals surface area contributed by atoms with Crippen LogP contribution in [0.25, 0.3) is 0 Å². The molecule has 2 rings (SSSR count). The van der Waals surface area contributed by atoms with Gasteiger partial charge in [-0.1, -0.05) is 74.7 Å². The Morgan fingerprint density at radius 2 is 1.41 bits per heavy atom. The van der Waals surface area contributed by atoms with Crippen molar-refractivity contribution in [2.75, 3.05) is 0 Å². The van der Waals surface area contributed by atoms with Crippen LogP contribution in [0.15, 0.2) is 0 Å². The summed E-state index contributed by atoms with van der Waals surface area (Å²) >= 11 is 4.10. The van der Waals surface area contributed by atoms with Gasteiger partial charge in [0.1, 0.15) is 0 Å². The minimum absolute atomic E-state index is 0.814. The molecule has 0 saturated heterocycles. The number of hydrogen-bond donors (Lipinski definition) is 0. The van der Waals surface area contributed by atoms with Gasteiger partial charge >= 0.3 is 0 Å². The highest BCUT2D eigenvalue weighted by atomic mass is 79.9. The molecule has 0 N–H and O–H groups in total. The van der Waals surface area contributed by atoms with Crippen LogP contribution in [0.1, 0.15) is 71.6 Å². The summed E-state index contributed by atoms with van der Waals surface area (Å²) in [6.45, 7) is 4.79. The molecule has 0 aromatic rings. The molecule has 0 aliphatic heterocycles. The van der Waals surface area contributed by atoms with Crippen LogP contribution in [0.2, 0.25) is 0 Å². The summed E-state index contributed by atoms with van der Waals surface area (Å²) in [5.74, 6) is 3.97. The minimum Gasteiger partial charge on any atom is -0.0884 e. The highest BCUT2D eigenvalue weighted by Gasteiger charge is 2.40. The van der Waals surface area contributed by atoms with E-state index in [1.54, 1.807) is 0 Å². The van der Waals surface area contributed by atoms with Crippen molar-refractivity contribution in [1.82, 2.24) is 0 Å². The van der Waals surface area contributed by atoms with Crippen LogP contribution < -0.4 is 0 Å². The first-order valence-corrected chi connectivity index (χ1v) is 8.83. The van der Waals surface area contributed by atoms with E-state index >= 15 is 0 Å². The van der Waals surface area contributed by atoms with Gasteiger partial charge in [0.2, 0.25) is 0 Å².